The lowest BCUT2D eigenvalue weighted by atomic mass is 9.83. The van der Waals surface area contributed by atoms with Gasteiger partial charge >= 0.3 is 0 Å². The zero-order valence-corrected chi connectivity index (χ0v) is 12.9. The molecule has 1 aromatic rings. The summed E-state index contributed by atoms with van der Waals surface area (Å²) in [6, 6.07) is 2.40. The highest BCUT2D eigenvalue weighted by Gasteiger charge is 2.44. The molecule has 0 amide bonds. The van der Waals surface area contributed by atoms with E-state index in [1.165, 1.54) is 0 Å². The van der Waals surface area contributed by atoms with Gasteiger partial charge in [0.15, 0.2) is 0 Å². The van der Waals surface area contributed by atoms with Gasteiger partial charge in [-0.1, -0.05) is 0 Å². The second-order valence-electron chi connectivity index (χ2n) is 6.65. The third-order valence-corrected chi connectivity index (χ3v) is 6.02. The van der Waals surface area contributed by atoms with Crippen LogP contribution in [0.2, 0.25) is 0 Å². The minimum absolute atomic E-state index is 0.157. The number of pyridine rings is 1. The van der Waals surface area contributed by atoms with Crippen LogP contribution in [0.25, 0.3) is 0 Å². The highest BCUT2D eigenvalue weighted by atomic mass is 32.2. The number of rotatable bonds is 1. The molecule has 3 unspecified atom stereocenters. The summed E-state index contributed by atoms with van der Waals surface area (Å²) in [4.78, 5) is 4.19. The van der Waals surface area contributed by atoms with Gasteiger partial charge in [-0.15, -0.1) is 0 Å². The molecule has 2 aliphatic rings. The topological polar surface area (TPSA) is 57.0 Å². The molecule has 0 radical (unpaired) electrons. The Hall–Kier alpha value is -1.25. The number of nitriles is 1. The first-order chi connectivity index (χ1) is 9.41. The molecule has 3 rings (SSSR count). The van der Waals surface area contributed by atoms with Gasteiger partial charge in [0.05, 0.1) is 10.3 Å². The van der Waals surface area contributed by atoms with E-state index in [1.807, 2.05) is 27.0 Å². The molecule has 0 N–H and O–H groups in total. The summed E-state index contributed by atoms with van der Waals surface area (Å²) < 4.78 is 14.6. The summed E-state index contributed by atoms with van der Waals surface area (Å²) in [5.41, 5.74) is 2.91. The second kappa shape index (κ2) is 4.64. The first-order valence-corrected chi connectivity index (χ1v) is 8.08. The molecule has 1 fully saturated rings. The molecule has 2 heterocycles. The summed E-state index contributed by atoms with van der Waals surface area (Å²) >= 11 is 0. The Balaban J connectivity index is 2.03. The fraction of sp³-hybridized carbons (Fsp3) is 0.600. The van der Waals surface area contributed by atoms with Crippen LogP contribution >= 0.6 is 0 Å². The van der Waals surface area contributed by atoms with Crippen LogP contribution in [0.1, 0.15) is 49.9 Å². The molecule has 1 aromatic heterocycles. The van der Waals surface area contributed by atoms with Crippen molar-refractivity contribution in [2.45, 2.75) is 44.4 Å². The van der Waals surface area contributed by atoms with E-state index >= 15 is 0 Å². The van der Waals surface area contributed by atoms with E-state index < -0.39 is 11.0 Å². The van der Waals surface area contributed by atoms with E-state index in [1.54, 1.807) is 6.20 Å². The van der Waals surface area contributed by atoms with Gasteiger partial charge in [0.1, 0.15) is 17.1 Å². The van der Waals surface area contributed by atoms with Crippen molar-refractivity contribution in [1.82, 2.24) is 9.29 Å². The molecule has 1 aliphatic carbocycles. The monoisotopic (exact) mass is 289 g/mol. The molecule has 3 atom stereocenters. The van der Waals surface area contributed by atoms with Crippen LogP contribution in [0, 0.1) is 17.2 Å². The molecule has 106 valence electrons. The number of aromatic nitrogens is 1. The molecule has 4 nitrogen and oxygen atoms in total. The average molecular weight is 289 g/mol. The maximum Gasteiger partial charge on any atom is 0.101 e. The van der Waals surface area contributed by atoms with Crippen LogP contribution < -0.4 is 0 Å². The van der Waals surface area contributed by atoms with Crippen molar-refractivity contribution in [3.05, 3.63) is 29.1 Å². The van der Waals surface area contributed by atoms with E-state index in [-0.39, 0.29) is 10.8 Å². The van der Waals surface area contributed by atoms with Crippen molar-refractivity contribution in [2.24, 2.45) is 5.92 Å². The number of fused-ring (bicyclic) bond motifs is 4. The fourth-order valence-electron chi connectivity index (χ4n) is 3.26. The molecule has 1 saturated heterocycles. The Bertz CT molecular complexity index is 615. The zero-order valence-electron chi connectivity index (χ0n) is 12.1. The van der Waals surface area contributed by atoms with E-state index in [0.717, 1.165) is 30.5 Å². The Kier molecular flexibility index (Phi) is 3.19. The molecule has 1 aliphatic heterocycles. The molecule has 5 heteroatoms. The van der Waals surface area contributed by atoms with Crippen molar-refractivity contribution in [1.29, 1.82) is 5.26 Å². The fourth-order valence-corrected chi connectivity index (χ4v) is 4.74. The zero-order chi connectivity index (χ0) is 14.5. The van der Waals surface area contributed by atoms with Crippen LogP contribution in [0.3, 0.4) is 0 Å². The molecular weight excluding hydrogens is 270 g/mol. The van der Waals surface area contributed by atoms with Crippen molar-refractivity contribution in [2.75, 3.05) is 6.54 Å². The van der Waals surface area contributed by atoms with Gasteiger partial charge in [0.25, 0.3) is 0 Å². The SMILES string of the molecule is CC(C)(C)S(=O)N1CC2Cc3c(C#N)cncc3C1C2. The van der Waals surface area contributed by atoms with Crippen molar-refractivity contribution < 1.29 is 4.21 Å². The average Bonchev–Trinajstić information content (AvgIpc) is 2.74. The predicted molar refractivity (Wildman–Crippen MR) is 78.1 cm³/mol. The van der Waals surface area contributed by atoms with E-state index in [9.17, 15) is 9.47 Å². The van der Waals surface area contributed by atoms with Crippen LogP contribution in [-0.2, 0) is 17.4 Å². The lowest BCUT2D eigenvalue weighted by molar-refractivity contribution is 0.415. The smallest absolute Gasteiger partial charge is 0.101 e. The third-order valence-electron chi connectivity index (χ3n) is 4.14. The lowest BCUT2D eigenvalue weighted by Crippen LogP contribution is -2.37. The Morgan fingerprint density at radius 2 is 2.20 bits per heavy atom. The first kappa shape index (κ1) is 13.7. The molecule has 0 aromatic carbocycles. The second-order valence-corrected chi connectivity index (χ2v) is 8.84. The maximum absolute atomic E-state index is 12.7. The third kappa shape index (κ3) is 2.07. The highest BCUT2D eigenvalue weighted by molar-refractivity contribution is 7.84. The lowest BCUT2D eigenvalue weighted by Gasteiger charge is -2.31. The molecule has 0 spiro atoms. The van der Waals surface area contributed by atoms with Gasteiger partial charge in [0.2, 0.25) is 0 Å². The summed E-state index contributed by atoms with van der Waals surface area (Å²) in [6.07, 6.45) is 5.45. The Morgan fingerprint density at radius 3 is 2.85 bits per heavy atom. The predicted octanol–water partition coefficient (Wildman–Crippen LogP) is 2.33. The normalized spacial score (nSPS) is 26.9. The van der Waals surface area contributed by atoms with Gasteiger partial charge in [-0.05, 0) is 50.7 Å². The van der Waals surface area contributed by atoms with Crippen molar-refractivity contribution in [3.8, 4) is 6.07 Å². The van der Waals surface area contributed by atoms with E-state index in [0.29, 0.717) is 11.5 Å². The van der Waals surface area contributed by atoms with Gasteiger partial charge in [-0.25, -0.2) is 8.51 Å². The van der Waals surface area contributed by atoms with Crippen molar-refractivity contribution in [3.63, 3.8) is 0 Å². The summed E-state index contributed by atoms with van der Waals surface area (Å²) in [7, 11) is -1.02. The summed E-state index contributed by atoms with van der Waals surface area (Å²) in [6.45, 7) is 6.89. The van der Waals surface area contributed by atoms with E-state index in [2.05, 4.69) is 15.4 Å². The standard InChI is InChI=1S/C15H19N3OS/c1-15(2,3)20(19)18-9-10-4-12-11(6-16)7-17-8-13(12)14(18)5-10/h7-8,10,14H,4-5,9H2,1-3H3. The Labute approximate surface area is 122 Å². The van der Waals surface area contributed by atoms with Crippen LogP contribution in [-0.4, -0.2) is 24.8 Å². The van der Waals surface area contributed by atoms with Gasteiger partial charge in [-0.2, -0.15) is 5.26 Å². The number of hydrogen-bond donors (Lipinski definition) is 0. The quantitative estimate of drug-likeness (QED) is 0.797. The maximum atomic E-state index is 12.7. The molecular formula is C15H19N3OS. The highest BCUT2D eigenvalue weighted by Crippen LogP contribution is 2.45. The Morgan fingerprint density at radius 1 is 1.45 bits per heavy atom. The minimum atomic E-state index is -1.02. The summed E-state index contributed by atoms with van der Waals surface area (Å²) in [5.74, 6) is 0.508. The van der Waals surface area contributed by atoms with Gasteiger partial charge in [-0.3, -0.25) is 4.98 Å². The largest absolute Gasteiger partial charge is 0.263 e. The molecule has 20 heavy (non-hydrogen) atoms. The minimum Gasteiger partial charge on any atom is -0.263 e. The van der Waals surface area contributed by atoms with Gasteiger partial charge < -0.3 is 0 Å². The van der Waals surface area contributed by atoms with Crippen LogP contribution in [0.4, 0.5) is 0 Å². The van der Waals surface area contributed by atoms with Crippen LogP contribution in [0.15, 0.2) is 12.4 Å². The first-order valence-electron chi connectivity index (χ1n) is 6.97. The van der Waals surface area contributed by atoms with E-state index in [4.69, 9.17) is 0 Å². The number of nitrogens with zero attached hydrogens (tertiary/aromatic N) is 3. The van der Waals surface area contributed by atoms with Crippen molar-refractivity contribution >= 4 is 11.0 Å². The molecule has 0 saturated carbocycles. The number of hydrogen-bond acceptors (Lipinski definition) is 3. The van der Waals surface area contributed by atoms with Gasteiger partial charge in [0, 0.05) is 25.0 Å². The molecule has 2 bridgehead atoms. The van der Waals surface area contributed by atoms with Crippen LogP contribution in [0.5, 0.6) is 0 Å². The summed E-state index contributed by atoms with van der Waals surface area (Å²) in [5, 5.41) is 9.23.